The van der Waals surface area contributed by atoms with Gasteiger partial charge in [0.1, 0.15) is 0 Å². The molecule has 0 amide bonds. The molecular weight excluding hydrogens is 384 g/mol. The van der Waals surface area contributed by atoms with Crippen LogP contribution in [-0.2, 0) is 4.74 Å². The summed E-state index contributed by atoms with van der Waals surface area (Å²) in [6.45, 7) is 4.71. The Morgan fingerprint density at radius 1 is 1.14 bits per heavy atom. The molecule has 0 saturated heterocycles. The summed E-state index contributed by atoms with van der Waals surface area (Å²) < 4.78 is 5.86. The molecule has 0 bridgehead atoms. The lowest BCUT2D eigenvalue weighted by Crippen LogP contribution is -2.25. The first-order valence-electron chi connectivity index (χ1n) is 12.4. The van der Waals surface area contributed by atoms with E-state index < -0.39 is 0 Å². The highest BCUT2D eigenvalue weighted by molar-refractivity contribution is 6.91. The normalized spacial score (nSPS) is 32.3. The molecule has 0 N–H and O–H groups in total. The first-order chi connectivity index (χ1) is 14.1. The predicted molar refractivity (Wildman–Crippen MR) is 134 cm³/mol. The van der Waals surface area contributed by atoms with Crippen LogP contribution in [0.3, 0.4) is 0 Å². The number of allylic oxidation sites excluding steroid dienone is 2. The van der Waals surface area contributed by atoms with Crippen LogP contribution in [0.4, 0.5) is 0 Å². The molecule has 1 nitrogen and oxygen atoms in total. The summed E-state index contributed by atoms with van der Waals surface area (Å²) in [6.07, 6.45) is 19.4. The van der Waals surface area contributed by atoms with Crippen molar-refractivity contribution in [1.82, 2.24) is 0 Å². The molecule has 3 heteroatoms. The van der Waals surface area contributed by atoms with Crippen molar-refractivity contribution < 1.29 is 4.74 Å². The molecule has 1 atom stereocenters. The monoisotopic (exact) mass is 428 g/mol. The number of ether oxygens (including phenoxy) is 1. The van der Waals surface area contributed by atoms with Gasteiger partial charge < -0.3 is 4.74 Å². The van der Waals surface area contributed by atoms with Gasteiger partial charge in [0.05, 0.1) is 6.10 Å². The SMILES string of the molecule is CCCC(OC)c1ccccc1C1CCC(/C=C/[C@]2([SiH2][SiH3])CC[C@@H](C)CC2)CC1. The van der Waals surface area contributed by atoms with Crippen LogP contribution in [0.2, 0.25) is 5.04 Å². The van der Waals surface area contributed by atoms with Crippen molar-refractivity contribution >= 4 is 18.8 Å². The molecule has 0 radical (unpaired) electrons. The zero-order valence-corrected chi connectivity index (χ0v) is 22.9. The highest BCUT2D eigenvalue weighted by Crippen LogP contribution is 2.46. The maximum absolute atomic E-state index is 5.86. The topological polar surface area (TPSA) is 9.23 Å². The first-order valence-corrected chi connectivity index (χ1v) is 18.8. The largest absolute Gasteiger partial charge is 0.377 e. The lowest BCUT2D eigenvalue weighted by atomic mass is 9.75. The molecular formula is C26H44OSi2. The Kier molecular flexibility index (Phi) is 8.82. The summed E-state index contributed by atoms with van der Waals surface area (Å²) in [4.78, 5) is 0. The van der Waals surface area contributed by atoms with Gasteiger partial charge in [-0.2, -0.15) is 0 Å². The third-order valence-corrected chi connectivity index (χ3v) is 14.7. The fourth-order valence-electron chi connectivity index (χ4n) is 5.78. The van der Waals surface area contributed by atoms with E-state index in [1.165, 1.54) is 73.1 Å². The van der Waals surface area contributed by atoms with Crippen molar-refractivity contribution in [3.63, 3.8) is 0 Å². The molecule has 0 spiro atoms. The second-order valence-electron chi connectivity index (χ2n) is 10.0. The fourth-order valence-corrected chi connectivity index (χ4v) is 10.1. The standard InChI is InChI=1S/C26H44OSi2/c1-4-7-25(27-3)24-9-6-5-8-23(24)22-12-10-21(11-13-22)16-19-26(29-28)17-14-20(2)15-18-26/h5-6,8-9,16,19-22,25H,4,7,10-15,17-18,29H2,1-3,28H3/b19-16+/t20-,21?,22?,25?,26+. The van der Waals surface area contributed by atoms with Crippen molar-refractivity contribution in [3.05, 3.63) is 47.5 Å². The van der Waals surface area contributed by atoms with Gasteiger partial charge in [-0.05, 0) is 88.6 Å². The Hall–Kier alpha value is -0.646. The molecule has 2 aliphatic rings. The molecule has 2 aliphatic carbocycles. The average Bonchev–Trinajstić information content (AvgIpc) is 2.78. The van der Waals surface area contributed by atoms with E-state index in [0.717, 1.165) is 24.2 Å². The molecule has 0 aromatic heterocycles. The van der Waals surface area contributed by atoms with Crippen LogP contribution in [0.15, 0.2) is 36.4 Å². The van der Waals surface area contributed by atoms with E-state index in [2.05, 4.69) is 50.3 Å². The molecule has 29 heavy (non-hydrogen) atoms. The zero-order chi connectivity index (χ0) is 20.7. The Balaban J connectivity index is 1.61. The summed E-state index contributed by atoms with van der Waals surface area (Å²) in [5.41, 5.74) is 3.02. The van der Waals surface area contributed by atoms with E-state index in [0.29, 0.717) is 5.04 Å². The van der Waals surface area contributed by atoms with E-state index >= 15 is 0 Å². The molecule has 162 valence electrons. The summed E-state index contributed by atoms with van der Waals surface area (Å²) in [7, 11) is 3.51. The maximum atomic E-state index is 5.86. The van der Waals surface area contributed by atoms with Crippen LogP contribution in [0.5, 0.6) is 0 Å². The fraction of sp³-hybridized carbons (Fsp3) is 0.692. The van der Waals surface area contributed by atoms with Gasteiger partial charge in [0.25, 0.3) is 0 Å². The third-order valence-electron chi connectivity index (χ3n) is 8.09. The van der Waals surface area contributed by atoms with Gasteiger partial charge in [-0.3, -0.25) is 0 Å². The zero-order valence-electron chi connectivity index (χ0n) is 19.5. The van der Waals surface area contributed by atoms with Gasteiger partial charge in [-0.1, -0.05) is 69.5 Å². The Morgan fingerprint density at radius 2 is 1.83 bits per heavy atom. The maximum Gasteiger partial charge on any atom is 0.0823 e. The lowest BCUT2D eigenvalue weighted by molar-refractivity contribution is 0.0936. The van der Waals surface area contributed by atoms with Gasteiger partial charge >= 0.3 is 0 Å². The smallest absolute Gasteiger partial charge is 0.0823 e. The third kappa shape index (κ3) is 5.95. The Morgan fingerprint density at radius 3 is 2.45 bits per heavy atom. The highest BCUT2D eigenvalue weighted by atomic mass is 29.1. The van der Waals surface area contributed by atoms with Crippen LogP contribution in [-0.4, -0.2) is 25.9 Å². The molecule has 2 saturated carbocycles. The molecule has 1 aromatic carbocycles. The summed E-state index contributed by atoms with van der Waals surface area (Å²) in [5, 5.41) is 0.702. The van der Waals surface area contributed by atoms with E-state index in [-0.39, 0.29) is 15.1 Å². The first kappa shape index (κ1) is 23.0. The van der Waals surface area contributed by atoms with Gasteiger partial charge in [0.2, 0.25) is 0 Å². The van der Waals surface area contributed by atoms with Gasteiger partial charge in [-0.15, -0.1) is 0 Å². The van der Waals surface area contributed by atoms with Gasteiger partial charge in [0.15, 0.2) is 0 Å². The number of benzene rings is 1. The molecule has 3 rings (SSSR count). The predicted octanol–water partition coefficient (Wildman–Crippen LogP) is 5.82. The Bertz CT molecular complexity index is 640. The second kappa shape index (κ2) is 11.1. The number of hydrogen-bond donors (Lipinski definition) is 0. The molecule has 1 unspecified atom stereocenters. The van der Waals surface area contributed by atoms with Crippen LogP contribution in [0.25, 0.3) is 0 Å². The molecule has 1 aromatic rings. The summed E-state index contributed by atoms with van der Waals surface area (Å²) in [5.74, 6) is 2.52. The minimum atomic E-state index is 0.156. The van der Waals surface area contributed by atoms with E-state index in [1.807, 2.05) is 7.11 Å². The van der Waals surface area contributed by atoms with Gasteiger partial charge in [-0.25, -0.2) is 0 Å². The minimum absolute atomic E-state index is 0.156. The van der Waals surface area contributed by atoms with Crippen LogP contribution >= 0.6 is 0 Å². The van der Waals surface area contributed by atoms with Gasteiger partial charge in [0, 0.05) is 16.1 Å². The Labute approximate surface area is 185 Å². The van der Waals surface area contributed by atoms with Crippen LogP contribution in [0.1, 0.15) is 101 Å². The number of hydrogen-bond acceptors (Lipinski definition) is 1. The van der Waals surface area contributed by atoms with Crippen molar-refractivity contribution in [3.8, 4) is 0 Å². The van der Waals surface area contributed by atoms with Crippen molar-refractivity contribution in [2.24, 2.45) is 11.8 Å². The number of rotatable bonds is 8. The minimum Gasteiger partial charge on any atom is -0.377 e. The second-order valence-corrected chi connectivity index (χ2v) is 14.2. The molecule has 2 fully saturated rings. The lowest BCUT2D eigenvalue weighted by Gasteiger charge is -2.37. The van der Waals surface area contributed by atoms with Crippen molar-refractivity contribution in [1.29, 1.82) is 0 Å². The van der Waals surface area contributed by atoms with E-state index in [1.54, 1.807) is 5.56 Å². The van der Waals surface area contributed by atoms with E-state index in [4.69, 9.17) is 4.74 Å². The summed E-state index contributed by atoms with van der Waals surface area (Å²) >= 11 is 0. The summed E-state index contributed by atoms with van der Waals surface area (Å²) in [6, 6.07) is 9.11. The van der Waals surface area contributed by atoms with Crippen molar-refractivity contribution in [2.45, 2.75) is 95.1 Å². The number of methoxy groups -OCH3 is 1. The van der Waals surface area contributed by atoms with Crippen LogP contribution < -0.4 is 0 Å². The average molecular weight is 429 g/mol. The van der Waals surface area contributed by atoms with E-state index in [9.17, 15) is 0 Å². The molecule has 0 heterocycles. The van der Waals surface area contributed by atoms with Crippen LogP contribution in [0, 0.1) is 11.8 Å². The van der Waals surface area contributed by atoms with Crippen molar-refractivity contribution in [2.75, 3.05) is 7.11 Å². The molecule has 0 aliphatic heterocycles. The highest BCUT2D eigenvalue weighted by Gasteiger charge is 2.31. The quantitative estimate of drug-likeness (QED) is 0.374.